The highest BCUT2D eigenvalue weighted by Gasteiger charge is 2.31. The number of nitrogens with one attached hydrogen (secondary N) is 1. The van der Waals surface area contributed by atoms with E-state index in [1.54, 1.807) is 11.3 Å². The Hall–Kier alpha value is -1.26. The van der Waals surface area contributed by atoms with Crippen molar-refractivity contribution in [3.05, 3.63) is 46.2 Å². The summed E-state index contributed by atoms with van der Waals surface area (Å²) >= 11 is 1.64. The van der Waals surface area contributed by atoms with Crippen LogP contribution in [-0.4, -0.2) is 33.7 Å². The van der Waals surface area contributed by atoms with Crippen molar-refractivity contribution in [2.24, 2.45) is 0 Å². The summed E-state index contributed by atoms with van der Waals surface area (Å²) in [5.74, 6) is 0. The zero-order valence-corrected chi connectivity index (χ0v) is 15.8. The van der Waals surface area contributed by atoms with E-state index in [1.807, 2.05) is 11.4 Å². The molecular weight excluding hydrogens is 380 g/mol. The molecule has 0 unspecified atom stereocenters. The van der Waals surface area contributed by atoms with Gasteiger partial charge in [-0.1, -0.05) is 6.07 Å². The van der Waals surface area contributed by atoms with Crippen molar-refractivity contribution in [2.45, 2.75) is 41.6 Å². The van der Waals surface area contributed by atoms with Gasteiger partial charge in [0, 0.05) is 24.0 Å². The molecule has 25 heavy (non-hydrogen) atoms. The highest BCUT2D eigenvalue weighted by Crippen LogP contribution is 2.29. The van der Waals surface area contributed by atoms with Gasteiger partial charge in [0.25, 0.3) is 0 Å². The molecule has 1 aromatic heterocycles. The number of sulfonamides is 2. The van der Waals surface area contributed by atoms with Gasteiger partial charge in [0.1, 0.15) is 0 Å². The van der Waals surface area contributed by atoms with Crippen LogP contribution < -0.4 is 4.72 Å². The first kappa shape index (κ1) is 17.2. The summed E-state index contributed by atoms with van der Waals surface area (Å²) in [5.41, 5.74) is 1.03. The van der Waals surface area contributed by atoms with Gasteiger partial charge < -0.3 is 0 Å². The van der Waals surface area contributed by atoms with Crippen LogP contribution in [0.15, 0.2) is 45.5 Å². The standard InChI is InChI=1S/C16H18N2O4S3/c19-24(20,17-13-4-5-13)14-2-1-3-15(10-14)25(21,22)18-8-6-16-12(11-18)7-9-23-16/h1-3,7,9-10,13,17H,4-6,8,11H2. The van der Waals surface area contributed by atoms with Crippen LogP contribution in [0.25, 0.3) is 0 Å². The van der Waals surface area contributed by atoms with Gasteiger partial charge in [0.15, 0.2) is 0 Å². The van der Waals surface area contributed by atoms with Crippen molar-refractivity contribution in [2.75, 3.05) is 6.54 Å². The first-order chi connectivity index (χ1) is 11.9. The molecule has 0 saturated heterocycles. The van der Waals surface area contributed by atoms with Crippen molar-refractivity contribution in [1.29, 1.82) is 0 Å². The number of fused-ring (bicyclic) bond motifs is 1. The molecule has 6 nitrogen and oxygen atoms in total. The Balaban J connectivity index is 1.64. The van der Waals surface area contributed by atoms with Crippen LogP contribution in [0, 0.1) is 0 Å². The van der Waals surface area contributed by atoms with Crippen molar-refractivity contribution in [1.82, 2.24) is 9.03 Å². The summed E-state index contributed by atoms with van der Waals surface area (Å²) in [6.45, 7) is 0.742. The third kappa shape index (κ3) is 3.39. The summed E-state index contributed by atoms with van der Waals surface area (Å²) < 4.78 is 54.6. The molecule has 2 heterocycles. The summed E-state index contributed by atoms with van der Waals surface area (Å²) in [7, 11) is -7.41. The minimum atomic E-state index is -3.73. The normalized spacial score (nSPS) is 18.9. The molecule has 134 valence electrons. The molecule has 1 N–H and O–H groups in total. The third-order valence-corrected chi connectivity index (χ3v) is 8.81. The predicted molar refractivity (Wildman–Crippen MR) is 95.4 cm³/mol. The molecule has 0 radical (unpaired) electrons. The third-order valence-electron chi connectivity index (χ3n) is 4.43. The highest BCUT2D eigenvalue weighted by atomic mass is 32.2. The molecule has 0 atom stereocenters. The molecular formula is C16H18N2O4S3. The molecule has 1 aliphatic heterocycles. The maximum atomic E-state index is 12.9. The molecule has 1 saturated carbocycles. The summed E-state index contributed by atoms with van der Waals surface area (Å²) in [6.07, 6.45) is 2.34. The van der Waals surface area contributed by atoms with Crippen molar-refractivity contribution >= 4 is 31.4 Å². The van der Waals surface area contributed by atoms with Gasteiger partial charge in [-0.05, 0) is 54.5 Å². The van der Waals surface area contributed by atoms with E-state index in [9.17, 15) is 16.8 Å². The van der Waals surface area contributed by atoms with Crippen LogP contribution in [0.3, 0.4) is 0 Å². The van der Waals surface area contributed by atoms with E-state index < -0.39 is 20.0 Å². The van der Waals surface area contributed by atoms with Gasteiger partial charge in [0.05, 0.1) is 9.79 Å². The fourth-order valence-electron chi connectivity index (χ4n) is 2.87. The maximum absolute atomic E-state index is 12.9. The van der Waals surface area contributed by atoms with Crippen LogP contribution in [0.1, 0.15) is 23.3 Å². The zero-order chi connectivity index (χ0) is 17.7. The Morgan fingerprint density at radius 1 is 1.08 bits per heavy atom. The Morgan fingerprint density at radius 2 is 1.84 bits per heavy atom. The van der Waals surface area contributed by atoms with Gasteiger partial charge >= 0.3 is 0 Å². The lowest BCUT2D eigenvalue weighted by Gasteiger charge is -2.26. The summed E-state index contributed by atoms with van der Waals surface area (Å²) in [6, 6.07) is 7.54. The first-order valence-electron chi connectivity index (χ1n) is 8.04. The molecule has 9 heteroatoms. The number of benzene rings is 1. The molecule has 0 bridgehead atoms. The lowest BCUT2D eigenvalue weighted by Crippen LogP contribution is -2.35. The van der Waals surface area contributed by atoms with Crippen molar-refractivity contribution in [3.63, 3.8) is 0 Å². The Labute approximate surface area is 151 Å². The monoisotopic (exact) mass is 398 g/mol. The maximum Gasteiger partial charge on any atom is 0.243 e. The number of hydrogen-bond donors (Lipinski definition) is 1. The van der Waals surface area contributed by atoms with Crippen LogP contribution in [0.4, 0.5) is 0 Å². The van der Waals surface area contributed by atoms with E-state index >= 15 is 0 Å². The van der Waals surface area contributed by atoms with Gasteiger partial charge in [-0.15, -0.1) is 11.3 Å². The van der Waals surface area contributed by atoms with Crippen LogP contribution in [-0.2, 0) is 33.0 Å². The van der Waals surface area contributed by atoms with Crippen LogP contribution in [0.5, 0.6) is 0 Å². The predicted octanol–water partition coefficient (Wildman–Crippen LogP) is 1.94. The number of hydrogen-bond acceptors (Lipinski definition) is 5. The minimum Gasteiger partial charge on any atom is -0.208 e. The van der Waals surface area contributed by atoms with Crippen LogP contribution >= 0.6 is 11.3 Å². The molecule has 0 amide bonds. The fourth-order valence-corrected chi connectivity index (χ4v) is 6.65. The Kier molecular flexibility index (Phi) is 4.24. The Morgan fingerprint density at radius 3 is 2.60 bits per heavy atom. The molecule has 0 spiro atoms. The average Bonchev–Trinajstić information content (AvgIpc) is 3.26. The van der Waals surface area contributed by atoms with Crippen molar-refractivity contribution < 1.29 is 16.8 Å². The van der Waals surface area contributed by atoms with E-state index in [-0.39, 0.29) is 15.8 Å². The van der Waals surface area contributed by atoms with E-state index in [0.717, 1.165) is 18.4 Å². The lowest BCUT2D eigenvalue weighted by atomic mass is 10.1. The second kappa shape index (κ2) is 6.17. The smallest absolute Gasteiger partial charge is 0.208 e. The van der Waals surface area contributed by atoms with Gasteiger partial charge in [-0.3, -0.25) is 0 Å². The van der Waals surface area contributed by atoms with Gasteiger partial charge in [0.2, 0.25) is 20.0 Å². The minimum absolute atomic E-state index is 0.00583. The van der Waals surface area contributed by atoms with E-state index in [0.29, 0.717) is 19.5 Å². The number of nitrogens with zero attached hydrogens (tertiary/aromatic N) is 1. The van der Waals surface area contributed by atoms with Crippen LogP contribution in [0.2, 0.25) is 0 Å². The fraction of sp³-hybridized carbons (Fsp3) is 0.375. The quantitative estimate of drug-likeness (QED) is 0.834. The Bertz CT molecular complexity index is 1010. The summed E-state index contributed by atoms with van der Waals surface area (Å²) in [4.78, 5) is 1.23. The number of rotatable bonds is 5. The SMILES string of the molecule is O=S(=O)(NC1CC1)c1cccc(S(=O)(=O)N2CCc3sccc3C2)c1. The topological polar surface area (TPSA) is 83.5 Å². The number of thiophene rings is 1. The largest absolute Gasteiger partial charge is 0.243 e. The highest BCUT2D eigenvalue weighted by molar-refractivity contribution is 7.90. The summed E-state index contributed by atoms with van der Waals surface area (Å²) in [5, 5.41) is 1.97. The zero-order valence-electron chi connectivity index (χ0n) is 13.4. The van der Waals surface area contributed by atoms with E-state index in [2.05, 4.69) is 4.72 Å². The average molecular weight is 399 g/mol. The second-order valence-corrected chi connectivity index (χ2v) is 11.0. The second-order valence-electron chi connectivity index (χ2n) is 6.33. The van der Waals surface area contributed by atoms with E-state index in [1.165, 1.54) is 33.4 Å². The van der Waals surface area contributed by atoms with Gasteiger partial charge in [-0.2, -0.15) is 4.31 Å². The molecule has 2 aliphatic rings. The lowest BCUT2D eigenvalue weighted by molar-refractivity contribution is 0.394. The molecule has 1 aliphatic carbocycles. The first-order valence-corrected chi connectivity index (χ1v) is 11.8. The van der Waals surface area contributed by atoms with E-state index in [4.69, 9.17) is 0 Å². The molecule has 2 aromatic rings. The molecule has 4 rings (SSSR count). The molecule has 1 fully saturated rings. The van der Waals surface area contributed by atoms with Crippen molar-refractivity contribution in [3.8, 4) is 0 Å². The molecule has 1 aromatic carbocycles. The van der Waals surface area contributed by atoms with Gasteiger partial charge in [-0.25, -0.2) is 21.6 Å².